The van der Waals surface area contributed by atoms with Crippen molar-refractivity contribution in [3.63, 3.8) is 0 Å². The van der Waals surface area contributed by atoms with Crippen LogP contribution in [0.15, 0.2) is 24.3 Å². The van der Waals surface area contributed by atoms with Crippen molar-refractivity contribution < 1.29 is 9.53 Å². The molecule has 0 spiro atoms. The Balaban J connectivity index is 1.91. The van der Waals surface area contributed by atoms with Crippen LogP contribution in [-0.4, -0.2) is 29.1 Å². The molecule has 1 fully saturated rings. The lowest BCUT2D eigenvalue weighted by molar-refractivity contribution is -0.115. The Morgan fingerprint density at radius 3 is 2.89 bits per heavy atom. The summed E-state index contributed by atoms with van der Waals surface area (Å²) in [6.45, 7) is 4.77. The van der Waals surface area contributed by atoms with Gasteiger partial charge in [-0.15, -0.1) is 11.8 Å². The largest absolute Gasteiger partial charge is 0.397 e. The summed E-state index contributed by atoms with van der Waals surface area (Å²) in [6, 6.07) is 7.30. The summed E-state index contributed by atoms with van der Waals surface area (Å²) in [4.78, 5) is 12.1. The van der Waals surface area contributed by atoms with Gasteiger partial charge in [0.1, 0.15) is 0 Å². The highest BCUT2D eigenvalue weighted by molar-refractivity contribution is 8.01. The minimum Gasteiger partial charge on any atom is -0.397 e. The predicted molar refractivity (Wildman–Crippen MR) is 80.4 cm³/mol. The minimum atomic E-state index is -0.117. The molecule has 1 aliphatic rings. The number of rotatable bonds is 4. The number of ether oxygens (including phenoxy) is 1. The smallest absolute Gasteiger partial charge is 0.237 e. The Morgan fingerprint density at radius 1 is 1.53 bits per heavy atom. The summed E-state index contributed by atoms with van der Waals surface area (Å²) in [5.74, 6) is -0.0120. The van der Waals surface area contributed by atoms with Gasteiger partial charge in [-0.2, -0.15) is 0 Å². The van der Waals surface area contributed by atoms with Gasteiger partial charge >= 0.3 is 0 Å². The lowest BCUT2D eigenvalue weighted by Gasteiger charge is -2.19. The average molecular weight is 280 g/mol. The molecule has 3 N–H and O–H groups in total. The number of anilines is 2. The van der Waals surface area contributed by atoms with Gasteiger partial charge in [-0.1, -0.05) is 12.1 Å². The van der Waals surface area contributed by atoms with Gasteiger partial charge in [0.15, 0.2) is 0 Å². The first-order valence-corrected chi connectivity index (χ1v) is 7.44. The molecule has 1 heterocycles. The van der Waals surface area contributed by atoms with Crippen LogP contribution in [0.3, 0.4) is 0 Å². The van der Waals surface area contributed by atoms with Gasteiger partial charge in [-0.25, -0.2) is 0 Å². The molecule has 1 aromatic rings. The molecule has 0 radical (unpaired) electrons. The molecular weight excluding hydrogens is 260 g/mol. The predicted octanol–water partition coefficient (Wildman–Crippen LogP) is 2.51. The van der Waals surface area contributed by atoms with Crippen LogP contribution >= 0.6 is 11.8 Å². The molecule has 1 aliphatic heterocycles. The van der Waals surface area contributed by atoms with E-state index in [1.807, 2.05) is 25.1 Å². The lowest BCUT2D eigenvalue weighted by Crippen LogP contribution is -2.27. The van der Waals surface area contributed by atoms with E-state index in [-0.39, 0.29) is 17.3 Å². The maximum absolute atomic E-state index is 12.1. The van der Waals surface area contributed by atoms with Crippen LogP contribution < -0.4 is 11.1 Å². The van der Waals surface area contributed by atoms with E-state index in [0.29, 0.717) is 16.6 Å². The van der Waals surface area contributed by atoms with Crippen molar-refractivity contribution in [1.29, 1.82) is 0 Å². The zero-order valence-electron chi connectivity index (χ0n) is 11.3. The van der Waals surface area contributed by atoms with Gasteiger partial charge in [0, 0.05) is 11.9 Å². The molecule has 0 aliphatic carbocycles. The maximum Gasteiger partial charge on any atom is 0.237 e. The molecule has 0 saturated carbocycles. The molecule has 19 heavy (non-hydrogen) atoms. The van der Waals surface area contributed by atoms with Crippen LogP contribution in [0.5, 0.6) is 0 Å². The standard InChI is InChI=1S/C14H20N2O2S/c1-9-13(7-8-18-9)19-10(2)14(17)16-12-6-4-3-5-11(12)15/h3-6,9-10,13H,7-8,15H2,1-2H3,(H,16,17). The Hall–Kier alpha value is -1.20. The number of nitrogens with two attached hydrogens (primary N) is 1. The van der Waals surface area contributed by atoms with Crippen LogP contribution in [0.2, 0.25) is 0 Å². The first-order chi connectivity index (χ1) is 9.08. The molecule has 0 bridgehead atoms. The van der Waals surface area contributed by atoms with E-state index in [2.05, 4.69) is 12.2 Å². The number of para-hydroxylation sites is 2. The Kier molecular flexibility index (Phi) is 4.71. The number of hydrogen-bond acceptors (Lipinski definition) is 4. The Morgan fingerprint density at radius 2 is 2.26 bits per heavy atom. The van der Waals surface area contributed by atoms with E-state index in [1.165, 1.54) is 0 Å². The quantitative estimate of drug-likeness (QED) is 0.832. The number of nitrogens with one attached hydrogen (secondary N) is 1. The van der Waals surface area contributed by atoms with E-state index >= 15 is 0 Å². The highest BCUT2D eigenvalue weighted by atomic mass is 32.2. The average Bonchev–Trinajstić information content (AvgIpc) is 2.78. The van der Waals surface area contributed by atoms with Gasteiger partial charge in [-0.3, -0.25) is 4.79 Å². The van der Waals surface area contributed by atoms with Crippen LogP contribution in [0.25, 0.3) is 0 Å². The highest BCUT2D eigenvalue weighted by Gasteiger charge is 2.28. The third kappa shape index (κ3) is 3.64. The van der Waals surface area contributed by atoms with E-state index in [0.717, 1.165) is 13.0 Å². The van der Waals surface area contributed by atoms with Crippen LogP contribution in [0, 0.1) is 0 Å². The number of hydrogen-bond donors (Lipinski definition) is 2. The second kappa shape index (κ2) is 6.30. The first kappa shape index (κ1) is 14.2. The van der Waals surface area contributed by atoms with Crippen molar-refractivity contribution in [2.45, 2.75) is 36.9 Å². The molecule has 5 heteroatoms. The van der Waals surface area contributed by atoms with Crippen molar-refractivity contribution in [3.05, 3.63) is 24.3 Å². The van der Waals surface area contributed by atoms with Gasteiger partial charge in [-0.05, 0) is 32.4 Å². The van der Waals surface area contributed by atoms with Gasteiger partial charge in [0.05, 0.1) is 22.7 Å². The fourth-order valence-electron chi connectivity index (χ4n) is 2.06. The van der Waals surface area contributed by atoms with Gasteiger partial charge in [0.2, 0.25) is 5.91 Å². The summed E-state index contributed by atoms with van der Waals surface area (Å²) >= 11 is 1.67. The number of carbonyl (C=O) groups excluding carboxylic acids is 1. The van der Waals surface area contributed by atoms with Crippen molar-refractivity contribution in [2.75, 3.05) is 17.7 Å². The van der Waals surface area contributed by atoms with Crippen molar-refractivity contribution in [2.24, 2.45) is 0 Å². The molecule has 104 valence electrons. The second-order valence-electron chi connectivity index (χ2n) is 4.76. The van der Waals surface area contributed by atoms with E-state index in [9.17, 15) is 4.79 Å². The fourth-order valence-corrected chi connectivity index (χ4v) is 3.30. The van der Waals surface area contributed by atoms with Crippen LogP contribution in [0.4, 0.5) is 11.4 Å². The Labute approximate surface area is 118 Å². The van der Waals surface area contributed by atoms with Crippen LogP contribution in [0.1, 0.15) is 20.3 Å². The molecule has 3 unspecified atom stereocenters. The number of thioether (sulfide) groups is 1. The van der Waals surface area contributed by atoms with Crippen molar-refractivity contribution in [1.82, 2.24) is 0 Å². The summed E-state index contributed by atoms with van der Waals surface area (Å²) < 4.78 is 5.51. The molecule has 1 amide bonds. The summed E-state index contributed by atoms with van der Waals surface area (Å²) in [6.07, 6.45) is 1.23. The number of carbonyl (C=O) groups is 1. The zero-order valence-corrected chi connectivity index (χ0v) is 12.1. The summed E-state index contributed by atoms with van der Waals surface area (Å²) in [5, 5.41) is 3.15. The third-order valence-corrected chi connectivity index (χ3v) is 4.86. The molecule has 3 atom stereocenters. The SMILES string of the molecule is CC(SC1CCOC1C)C(=O)Nc1ccccc1N. The molecule has 2 rings (SSSR count). The normalized spacial score (nSPS) is 24.1. The molecule has 4 nitrogen and oxygen atoms in total. The maximum atomic E-state index is 12.1. The number of nitrogen functional groups attached to an aromatic ring is 1. The monoisotopic (exact) mass is 280 g/mol. The van der Waals surface area contributed by atoms with Gasteiger partial charge < -0.3 is 15.8 Å². The zero-order chi connectivity index (χ0) is 13.8. The second-order valence-corrected chi connectivity index (χ2v) is 6.34. The van der Waals surface area contributed by atoms with E-state index < -0.39 is 0 Å². The highest BCUT2D eigenvalue weighted by Crippen LogP contribution is 2.30. The fraction of sp³-hybridized carbons (Fsp3) is 0.500. The third-order valence-electron chi connectivity index (χ3n) is 3.27. The summed E-state index contributed by atoms with van der Waals surface area (Å²) in [5.41, 5.74) is 7.08. The molecule has 1 aromatic carbocycles. The lowest BCUT2D eigenvalue weighted by atomic mass is 10.2. The van der Waals surface area contributed by atoms with E-state index in [1.54, 1.807) is 17.8 Å². The molecular formula is C14H20N2O2S. The molecule has 1 saturated heterocycles. The van der Waals surface area contributed by atoms with Crippen LogP contribution in [-0.2, 0) is 9.53 Å². The van der Waals surface area contributed by atoms with E-state index in [4.69, 9.17) is 10.5 Å². The summed E-state index contributed by atoms with van der Waals surface area (Å²) in [7, 11) is 0. The number of benzene rings is 1. The topological polar surface area (TPSA) is 64.3 Å². The first-order valence-electron chi connectivity index (χ1n) is 6.50. The number of amides is 1. The minimum absolute atomic E-state index is 0.0120. The Bertz CT molecular complexity index is 453. The molecule has 0 aromatic heterocycles. The van der Waals surface area contributed by atoms with Gasteiger partial charge in [0.25, 0.3) is 0 Å². The van der Waals surface area contributed by atoms with Crippen molar-refractivity contribution >= 4 is 29.0 Å². The van der Waals surface area contributed by atoms with Crippen molar-refractivity contribution in [3.8, 4) is 0 Å².